The van der Waals surface area contributed by atoms with Crippen LogP contribution < -0.4 is 21.3 Å². The van der Waals surface area contributed by atoms with Crippen LogP contribution in [0.4, 0.5) is 0 Å². The molecule has 0 atom stereocenters. The highest BCUT2D eigenvalue weighted by molar-refractivity contribution is 6.33. The predicted octanol–water partition coefficient (Wildman–Crippen LogP) is 1.15. The van der Waals surface area contributed by atoms with Crippen molar-refractivity contribution in [3.63, 3.8) is 0 Å². The van der Waals surface area contributed by atoms with Crippen molar-refractivity contribution in [3.05, 3.63) is 34.9 Å². The summed E-state index contributed by atoms with van der Waals surface area (Å²) in [5.74, 6) is 0.787. The highest BCUT2D eigenvalue weighted by Gasteiger charge is 2.28. The lowest BCUT2D eigenvalue weighted by Gasteiger charge is -2.12. The fourth-order valence-corrected chi connectivity index (χ4v) is 2.50. The quantitative estimate of drug-likeness (QED) is 0.294. The molecule has 0 aromatic heterocycles. The SMILES string of the molecule is CCNC(=NCCNC(=O)C1CC1)NCCNC(=O)c1ccccc1Cl. The van der Waals surface area contributed by atoms with Crippen LogP contribution in [0.1, 0.15) is 30.1 Å². The number of nitrogens with one attached hydrogen (secondary N) is 4. The molecule has 1 fully saturated rings. The van der Waals surface area contributed by atoms with E-state index in [1.807, 2.05) is 6.92 Å². The minimum Gasteiger partial charge on any atom is -0.357 e. The summed E-state index contributed by atoms with van der Waals surface area (Å²) in [5.41, 5.74) is 0.459. The topological polar surface area (TPSA) is 94.6 Å². The molecule has 0 unspecified atom stereocenters. The second-order valence-corrected chi connectivity index (χ2v) is 6.40. The van der Waals surface area contributed by atoms with Crippen molar-refractivity contribution < 1.29 is 9.59 Å². The summed E-state index contributed by atoms with van der Waals surface area (Å²) in [5, 5.41) is 12.4. The monoisotopic (exact) mass is 379 g/mol. The van der Waals surface area contributed by atoms with Crippen molar-refractivity contribution in [1.29, 1.82) is 0 Å². The van der Waals surface area contributed by atoms with Gasteiger partial charge in [-0.1, -0.05) is 23.7 Å². The number of hydrogen-bond donors (Lipinski definition) is 4. The molecular formula is C18H26ClN5O2. The molecule has 2 amide bonds. The Balaban J connectivity index is 1.66. The van der Waals surface area contributed by atoms with E-state index in [4.69, 9.17) is 11.6 Å². The number of guanidine groups is 1. The molecule has 1 aromatic rings. The highest BCUT2D eigenvalue weighted by Crippen LogP contribution is 2.28. The number of carbonyl (C=O) groups is 2. The minimum absolute atomic E-state index is 0.125. The predicted molar refractivity (Wildman–Crippen MR) is 104 cm³/mol. The van der Waals surface area contributed by atoms with Crippen molar-refractivity contribution in [2.24, 2.45) is 10.9 Å². The molecule has 2 rings (SSSR count). The lowest BCUT2D eigenvalue weighted by Crippen LogP contribution is -2.42. The maximum Gasteiger partial charge on any atom is 0.252 e. The smallest absolute Gasteiger partial charge is 0.252 e. The van der Waals surface area contributed by atoms with E-state index >= 15 is 0 Å². The number of rotatable bonds is 9. The van der Waals surface area contributed by atoms with E-state index in [1.54, 1.807) is 24.3 Å². The lowest BCUT2D eigenvalue weighted by atomic mass is 10.2. The number of nitrogens with zero attached hydrogens (tertiary/aromatic N) is 1. The number of halogens is 1. The van der Waals surface area contributed by atoms with Crippen LogP contribution in [-0.4, -0.2) is 50.5 Å². The van der Waals surface area contributed by atoms with Gasteiger partial charge in [0.15, 0.2) is 5.96 Å². The van der Waals surface area contributed by atoms with E-state index in [0.717, 1.165) is 19.4 Å². The fourth-order valence-electron chi connectivity index (χ4n) is 2.28. The number of amides is 2. The molecular weight excluding hydrogens is 354 g/mol. The van der Waals surface area contributed by atoms with Crippen LogP contribution in [0.5, 0.6) is 0 Å². The van der Waals surface area contributed by atoms with Gasteiger partial charge in [-0.15, -0.1) is 0 Å². The van der Waals surface area contributed by atoms with Crippen LogP contribution in [-0.2, 0) is 4.79 Å². The third-order valence-electron chi connectivity index (χ3n) is 3.79. The normalized spacial score (nSPS) is 13.8. The third-order valence-corrected chi connectivity index (χ3v) is 4.12. The molecule has 1 saturated carbocycles. The van der Waals surface area contributed by atoms with E-state index in [2.05, 4.69) is 26.3 Å². The Kier molecular flexibility index (Phi) is 8.21. The summed E-state index contributed by atoms with van der Waals surface area (Å²) in [7, 11) is 0. The van der Waals surface area contributed by atoms with Gasteiger partial charge in [0, 0.05) is 32.1 Å². The third kappa shape index (κ3) is 6.92. The molecule has 0 spiro atoms. The van der Waals surface area contributed by atoms with E-state index in [9.17, 15) is 9.59 Å². The molecule has 26 heavy (non-hydrogen) atoms. The largest absolute Gasteiger partial charge is 0.357 e. The molecule has 1 aliphatic carbocycles. The molecule has 8 heteroatoms. The maximum atomic E-state index is 12.1. The van der Waals surface area contributed by atoms with E-state index < -0.39 is 0 Å². The van der Waals surface area contributed by atoms with Crippen LogP contribution in [0.2, 0.25) is 5.02 Å². The number of carbonyl (C=O) groups excluding carboxylic acids is 2. The number of aliphatic imine (C=N–C) groups is 1. The zero-order valence-electron chi connectivity index (χ0n) is 15.0. The maximum absolute atomic E-state index is 12.1. The Morgan fingerprint density at radius 3 is 2.50 bits per heavy atom. The molecule has 1 aromatic carbocycles. The van der Waals surface area contributed by atoms with Gasteiger partial charge in [-0.05, 0) is 31.9 Å². The average molecular weight is 380 g/mol. The van der Waals surface area contributed by atoms with Crippen molar-refractivity contribution in [2.45, 2.75) is 19.8 Å². The molecule has 4 N–H and O–H groups in total. The molecule has 142 valence electrons. The fraction of sp³-hybridized carbons (Fsp3) is 0.500. The molecule has 0 bridgehead atoms. The van der Waals surface area contributed by atoms with E-state index in [0.29, 0.717) is 42.7 Å². The summed E-state index contributed by atoms with van der Waals surface area (Å²) >= 11 is 6.00. The second kappa shape index (κ2) is 10.7. The van der Waals surface area contributed by atoms with Crippen LogP contribution in [0, 0.1) is 5.92 Å². The minimum atomic E-state index is -0.206. The van der Waals surface area contributed by atoms with Crippen LogP contribution in [0.3, 0.4) is 0 Å². The Morgan fingerprint density at radius 2 is 1.81 bits per heavy atom. The summed E-state index contributed by atoms with van der Waals surface area (Å²) in [6, 6.07) is 6.93. The van der Waals surface area contributed by atoms with Gasteiger partial charge in [0.2, 0.25) is 5.91 Å². The van der Waals surface area contributed by atoms with Gasteiger partial charge in [0.1, 0.15) is 0 Å². The van der Waals surface area contributed by atoms with Gasteiger partial charge >= 0.3 is 0 Å². The summed E-state index contributed by atoms with van der Waals surface area (Å²) < 4.78 is 0. The van der Waals surface area contributed by atoms with Crippen molar-refractivity contribution in [2.75, 3.05) is 32.7 Å². The van der Waals surface area contributed by atoms with Crippen LogP contribution >= 0.6 is 11.6 Å². The summed E-state index contributed by atoms with van der Waals surface area (Å²) in [4.78, 5) is 28.0. The number of hydrogen-bond acceptors (Lipinski definition) is 3. The van der Waals surface area contributed by atoms with Gasteiger partial charge in [0.25, 0.3) is 5.91 Å². The molecule has 0 aliphatic heterocycles. The first-order valence-corrected chi connectivity index (χ1v) is 9.32. The first-order chi connectivity index (χ1) is 12.6. The molecule has 0 saturated heterocycles. The number of benzene rings is 1. The second-order valence-electron chi connectivity index (χ2n) is 5.99. The molecule has 0 heterocycles. The summed E-state index contributed by atoms with van der Waals surface area (Å²) in [6.45, 7) is 4.69. The van der Waals surface area contributed by atoms with Crippen LogP contribution in [0.15, 0.2) is 29.3 Å². The van der Waals surface area contributed by atoms with Gasteiger partial charge in [-0.3, -0.25) is 14.6 Å². The average Bonchev–Trinajstić information content (AvgIpc) is 3.47. The van der Waals surface area contributed by atoms with Crippen molar-refractivity contribution in [1.82, 2.24) is 21.3 Å². The van der Waals surface area contributed by atoms with Gasteiger partial charge in [-0.25, -0.2) is 0 Å². The van der Waals surface area contributed by atoms with Crippen molar-refractivity contribution in [3.8, 4) is 0 Å². The Bertz CT molecular complexity index is 646. The first kappa shape index (κ1) is 20.0. The molecule has 0 radical (unpaired) electrons. The summed E-state index contributed by atoms with van der Waals surface area (Å²) in [6.07, 6.45) is 2.00. The first-order valence-electron chi connectivity index (χ1n) is 8.94. The van der Waals surface area contributed by atoms with E-state index in [1.165, 1.54) is 0 Å². The molecule has 7 nitrogen and oxygen atoms in total. The Morgan fingerprint density at radius 1 is 1.08 bits per heavy atom. The standard InChI is InChI=1S/C18H26ClN5O2/c1-2-20-18(23-11-9-21-16(25)13-7-8-13)24-12-10-22-17(26)14-5-3-4-6-15(14)19/h3-6,13H,2,7-12H2,1H3,(H,21,25)(H,22,26)(H2,20,23,24). The molecule has 1 aliphatic rings. The zero-order chi connectivity index (χ0) is 18.8. The zero-order valence-corrected chi connectivity index (χ0v) is 15.7. The van der Waals surface area contributed by atoms with Crippen LogP contribution in [0.25, 0.3) is 0 Å². The van der Waals surface area contributed by atoms with Crippen molar-refractivity contribution >= 4 is 29.4 Å². The Labute approximate surface area is 159 Å². The Hall–Kier alpha value is -2.28. The van der Waals surface area contributed by atoms with Gasteiger partial charge < -0.3 is 21.3 Å². The van der Waals surface area contributed by atoms with Gasteiger partial charge in [-0.2, -0.15) is 0 Å². The van der Waals surface area contributed by atoms with Gasteiger partial charge in [0.05, 0.1) is 17.1 Å². The van der Waals surface area contributed by atoms with E-state index in [-0.39, 0.29) is 17.7 Å². The lowest BCUT2D eigenvalue weighted by molar-refractivity contribution is -0.122. The highest BCUT2D eigenvalue weighted by atomic mass is 35.5.